The van der Waals surface area contributed by atoms with Gasteiger partial charge in [-0.05, 0) is 99.6 Å². The smallest absolute Gasteiger partial charge is 0.0278 e. The standard InChI is InChI=1S/C30H26/c1-3-7-24-20(5-1)10-12-27-28(24)26-11-9-21-6-2-4-8-25(21)29(26)30(27)22-14-18-13-19(16-22)17-23(30)15-18/h1-12,18-19,22-23H,13-17H2. The van der Waals surface area contributed by atoms with E-state index in [1.54, 1.807) is 16.7 Å². The molecule has 4 aromatic rings. The zero-order valence-electron chi connectivity index (χ0n) is 17.3. The van der Waals surface area contributed by atoms with Crippen molar-refractivity contribution >= 4 is 21.5 Å². The van der Waals surface area contributed by atoms with Gasteiger partial charge in [-0.25, -0.2) is 0 Å². The van der Waals surface area contributed by atoms with Crippen LogP contribution in [0.25, 0.3) is 32.7 Å². The van der Waals surface area contributed by atoms with Gasteiger partial charge in [0.25, 0.3) is 0 Å². The Hall–Kier alpha value is -2.60. The first kappa shape index (κ1) is 16.1. The van der Waals surface area contributed by atoms with Crippen molar-refractivity contribution in [2.75, 3.05) is 0 Å². The van der Waals surface area contributed by atoms with Gasteiger partial charge in [-0.3, -0.25) is 0 Å². The number of rotatable bonds is 0. The molecule has 5 aliphatic carbocycles. The lowest BCUT2D eigenvalue weighted by Crippen LogP contribution is -2.55. The van der Waals surface area contributed by atoms with Crippen LogP contribution >= 0.6 is 0 Å². The molecule has 0 aromatic heterocycles. The molecule has 4 fully saturated rings. The molecule has 0 saturated heterocycles. The van der Waals surface area contributed by atoms with E-state index in [9.17, 15) is 0 Å². The fourth-order valence-corrected chi connectivity index (χ4v) is 8.74. The lowest BCUT2D eigenvalue weighted by molar-refractivity contribution is -0.0393. The maximum atomic E-state index is 2.54. The highest BCUT2D eigenvalue weighted by molar-refractivity contribution is 6.07. The molecule has 4 saturated carbocycles. The van der Waals surface area contributed by atoms with E-state index in [4.69, 9.17) is 0 Å². The van der Waals surface area contributed by atoms with Gasteiger partial charge in [-0.1, -0.05) is 72.8 Å². The van der Waals surface area contributed by atoms with Gasteiger partial charge in [0, 0.05) is 5.41 Å². The number of benzene rings is 4. The Kier molecular flexibility index (Phi) is 2.88. The number of hydrogen-bond donors (Lipinski definition) is 0. The zero-order chi connectivity index (χ0) is 19.4. The van der Waals surface area contributed by atoms with Gasteiger partial charge in [-0.2, -0.15) is 0 Å². The Labute approximate surface area is 177 Å². The summed E-state index contributed by atoms with van der Waals surface area (Å²) in [5.74, 6) is 3.61. The third kappa shape index (κ3) is 1.73. The van der Waals surface area contributed by atoms with E-state index in [0.29, 0.717) is 0 Å². The van der Waals surface area contributed by atoms with Crippen LogP contribution in [-0.4, -0.2) is 0 Å². The molecule has 30 heavy (non-hydrogen) atoms. The average Bonchev–Trinajstić information content (AvgIpc) is 3.09. The van der Waals surface area contributed by atoms with Crippen LogP contribution in [0, 0.1) is 23.7 Å². The summed E-state index contributed by atoms with van der Waals surface area (Å²) in [6.45, 7) is 0. The van der Waals surface area contributed by atoms with E-state index in [1.807, 2.05) is 0 Å². The van der Waals surface area contributed by atoms with Gasteiger partial charge in [-0.15, -0.1) is 0 Å². The summed E-state index contributed by atoms with van der Waals surface area (Å²) in [6, 6.07) is 28.0. The van der Waals surface area contributed by atoms with Crippen molar-refractivity contribution in [1.82, 2.24) is 0 Å². The van der Waals surface area contributed by atoms with Gasteiger partial charge in [0.2, 0.25) is 0 Å². The second-order valence-corrected chi connectivity index (χ2v) is 10.6. The molecule has 0 aliphatic heterocycles. The summed E-state index contributed by atoms with van der Waals surface area (Å²) in [7, 11) is 0. The largest absolute Gasteiger partial charge is 0.0616 e. The molecule has 1 spiro atoms. The van der Waals surface area contributed by atoms with E-state index < -0.39 is 0 Å². The summed E-state index contributed by atoms with van der Waals surface area (Å²) in [4.78, 5) is 0. The summed E-state index contributed by atoms with van der Waals surface area (Å²) < 4.78 is 0. The monoisotopic (exact) mass is 386 g/mol. The molecule has 0 unspecified atom stereocenters. The summed E-state index contributed by atoms with van der Waals surface area (Å²) in [6.07, 6.45) is 7.30. The van der Waals surface area contributed by atoms with Crippen molar-refractivity contribution in [2.45, 2.75) is 37.5 Å². The minimum atomic E-state index is 0.239. The Morgan fingerprint density at radius 3 is 1.90 bits per heavy atom. The second-order valence-electron chi connectivity index (χ2n) is 10.6. The molecule has 0 amide bonds. The van der Waals surface area contributed by atoms with Gasteiger partial charge in [0.15, 0.2) is 0 Å². The van der Waals surface area contributed by atoms with Crippen LogP contribution < -0.4 is 0 Å². The Morgan fingerprint density at radius 2 is 1.17 bits per heavy atom. The molecular weight excluding hydrogens is 360 g/mol. The molecule has 9 rings (SSSR count). The van der Waals surface area contributed by atoms with Gasteiger partial charge in [0.05, 0.1) is 0 Å². The summed E-state index contributed by atoms with van der Waals surface area (Å²) in [5.41, 5.74) is 6.69. The summed E-state index contributed by atoms with van der Waals surface area (Å²) in [5, 5.41) is 5.78. The van der Waals surface area contributed by atoms with E-state index in [-0.39, 0.29) is 5.41 Å². The van der Waals surface area contributed by atoms with Crippen molar-refractivity contribution < 1.29 is 0 Å². The topological polar surface area (TPSA) is 0 Å². The molecule has 0 heteroatoms. The molecule has 0 heterocycles. The quantitative estimate of drug-likeness (QED) is 0.290. The van der Waals surface area contributed by atoms with Crippen LogP contribution in [0.2, 0.25) is 0 Å². The van der Waals surface area contributed by atoms with E-state index in [1.165, 1.54) is 59.2 Å². The molecule has 0 nitrogen and oxygen atoms in total. The molecular formula is C30H26. The Morgan fingerprint density at radius 1 is 0.567 bits per heavy atom. The van der Waals surface area contributed by atoms with Crippen LogP contribution in [0.1, 0.15) is 43.2 Å². The molecule has 4 aromatic carbocycles. The second kappa shape index (κ2) is 5.35. The SMILES string of the molecule is c1ccc2c3c(ccc2c1)C1(c2c-3ccc3ccccc23)C2CC3CC(C2)CC1C3. The summed E-state index contributed by atoms with van der Waals surface area (Å²) >= 11 is 0. The first-order chi connectivity index (χ1) is 14.8. The molecule has 0 atom stereocenters. The Bertz CT molecular complexity index is 1330. The van der Waals surface area contributed by atoms with Crippen molar-refractivity contribution in [1.29, 1.82) is 0 Å². The number of fused-ring (bicyclic) bond motifs is 7. The number of hydrogen-bond acceptors (Lipinski definition) is 0. The average molecular weight is 387 g/mol. The van der Waals surface area contributed by atoms with Crippen molar-refractivity contribution in [2.24, 2.45) is 23.7 Å². The molecule has 5 aliphatic rings. The molecule has 4 bridgehead atoms. The van der Waals surface area contributed by atoms with Gasteiger partial charge in [0.1, 0.15) is 0 Å². The maximum Gasteiger partial charge on any atom is 0.0278 e. The van der Waals surface area contributed by atoms with Crippen molar-refractivity contribution in [3.63, 3.8) is 0 Å². The van der Waals surface area contributed by atoms with Crippen molar-refractivity contribution in [3.05, 3.63) is 83.9 Å². The highest BCUT2D eigenvalue weighted by Gasteiger charge is 2.62. The molecule has 0 radical (unpaired) electrons. The zero-order valence-corrected chi connectivity index (χ0v) is 17.3. The lowest BCUT2D eigenvalue weighted by Gasteiger charge is -2.61. The Balaban J connectivity index is 1.57. The molecule has 0 N–H and O–H groups in total. The van der Waals surface area contributed by atoms with Crippen LogP contribution in [0.15, 0.2) is 72.8 Å². The van der Waals surface area contributed by atoms with Crippen LogP contribution in [0.3, 0.4) is 0 Å². The first-order valence-electron chi connectivity index (χ1n) is 11.9. The van der Waals surface area contributed by atoms with Gasteiger partial charge < -0.3 is 0 Å². The minimum absolute atomic E-state index is 0.239. The van der Waals surface area contributed by atoms with E-state index in [0.717, 1.165) is 23.7 Å². The fourth-order valence-electron chi connectivity index (χ4n) is 8.74. The van der Waals surface area contributed by atoms with Crippen molar-refractivity contribution in [3.8, 4) is 11.1 Å². The van der Waals surface area contributed by atoms with Crippen LogP contribution in [0.4, 0.5) is 0 Å². The normalized spacial score (nSPS) is 32.8. The van der Waals surface area contributed by atoms with Crippen LogP contribution in [-0.2, 0) is 5.41 Å². The third-order valence-corrected chi connectivity index (χ3v) is 9.41. The predicted molar refractivity (Wildman–Crippen MR) is 125 cm³/mol. The minimum Gasteiger partial charge on any atom is -0.0616 e. The third-order valence-electron chi connectivity index (χ3n) is 9.41. The highest BCUT2D eigenvalue weighted by atomic mass is 14.6. The maximum absolute atomic E-state index is 2.54. The van der Waals surface area contributed by atoms with Crippen LogP contribution in [0.5, 0.6) is 0 Å². The fraction of sp³-hybridized carbons (Fsp3) is 0.333. The van der Waals surface area contributed by atoms with Gasteiger partial charge >= 0.3 is 0 Å². The highest BCUT2D eigenvalue weighted by Crippen LogP contribution is 2.70. The van der Waals surface area contributed by atoms with E-state index in [2.05, 4.69) is 72.8 Å². The predicted octanol–water partition coefficient (Wildman–Crippen LogP) is 7.72. The van der Waals surface area contributed by atoms with E-state index >= 15 is 0 Å². The lowest BCUT2D eigenvalue weighted by atomic mass is 9.43. The molecule has 146 valence electrons. The first-order valence-corrected chi connectivity index (χ1v) is 11.9.